The van der Waals surface area contributed by atoms with E-state index in [0.29, 0.717) is 13.0 Å². The highest BCUT2D eigenvalue weighted by atomic mass is 16.7. The molecule has 1 saturated heterocycles. The van der Waals surface area contributed by atoms with Crippen LogP contribution in [0.1, 0.15) is 13.3 Å². The van der Waals surface area contributed by atoms with Crippen molar-refractivity contribution < 1.29 is 9.47 Å². The van der Waals surface area contributed by atoms with Crippen molar-refractivity contribution in [3.63, 3.8) is 0 Å². The molecule has 1 heterocycles. The van der Waals surface area contributed by atoms with Crippen LogP contribution in [0.4, 0.5) is 0 Å². The van der Waals surface area contributed by atoms with Gasteiger partial charge in [-0.3, -0.25) is 0 Å². The summed E-state index contributed by atoms with van der Waals surface area (Å²) in [6, 6.07) is 0. The van der Waals surface area contributed by atoms with Gasteiger partial charge in [-0.1, -0.05) is 0 Å². The molecule has 0 aliphatic carbocycles. The normalized spacial score (nSPS) is 38.2. The van der Waals surface area contributed by atoms with Gasteiger partial charge in [0.15, 0.2) is 6.29 Å². The Hall–Kier alpha value is -0.0800. The lowest BCUT2D eigenvalue weighted by molar-refractivity contribution is -0.0414. The van der Waals surface area contributed by atoms with E-state index in [1.807, 2.05) is 6.92 Å². The molecular weight excluding hydrogens is 104 g/mol. The first-order valence-corrected chi connectivity index (χ1v) is 2.80. The second-order valence-electron chi connectivity index (χ2n) is 1.89. The quantitative estimate of drug-likeness (QED) is 0.503. The minimum Gasteiger partial charge on any atom is -0.350 e. The maximum absolute atomic E-state index is 5.29. The van der Waals surface area contributed by atoms with Crippen LogP contribution < -0.4 is 0 Å². The monoisotopic (exact) mass is 114 g/mol. The molecule has 2 heteroatoms. The summed E-state index contributed by atoms with van der Waals surface area (Å²) in [6.07, 6.45) is 0.637. The molecule has 0 saturated carbocycles. The van der Waals surface area contributed by atoms with Crippen LogP contribution in [-0.4, -0.2) is 19.0 Å². The van der Waals surface area contributed by atoms with E-state index in [2.05, 4.69) is 0 Å². The number of hydrogen-bond acceptors (Lipinski definition) is 2. The second kappa shape index (κ2) is 2.46. The third-order valence-electron chi connectivity index (χ3n) is 1.16. The fourth-order valence-electron chi connectivity index (χ4n) is 0.716. The van der Waals surface area contributed by atoms with E-state index < -0.39 is 0 Å². The molecule has 2 radical (unpaired) electrons. The summed E-state index contributed by atoms with van der Waals surface area (Å²) in [5, 5.41) is 0. The van der Waals surface area contributed by atoms with E-state index in [-0.39, 0.29) is 12.4 Å². The van der Waals surface area contributed by atoms with Crippen LogP contribution in [0.2, 0.25) is 0 Å². The summed E-state index contributed by atoms with van der Waals surface area (Å²) in [6.45, 7) is 7.81. The number of hydrogen-bond donors (Lipinski definition) is 0. The van der Waals surface area contributed by atoms with E-state index in [1.54, 1.807) is 0 Å². The predicted octanol–water partition coefficient (Wildman–Crippen LogP) is 0.849. The molecular formula is C6H10O2. The Balaban J connectivity index is 2.22. The molecule has 0 aromatic heterocycles. The van der Waals surface area contributed by atoms with Gasteiger partial charge in [-0.25, -0.2) is 0 Å². The van der Waals surface area contributed by atoms with Gasteiger partial charge >= 0.3 is 0 Å². The summed E-state index contributed by atoms with van der Waals surface area (Å²) in [4.78, 5) is 0. The van der Waals surface area contributed by atoms with Gasteiger partial charge in [0.2, 0.25) is 0 Å². The molecule has 2 atom stereocenters. The van der Waals surface area contributed by atoms with Crippen molar-refractivity contribution in [1.29, 1.82) is 0 Å². The molecule has 1 aliphatic heterocycles. The summed E-state index contributed by atoms with van der Waals surface area (Å²) >= 11 is 0. The minimum atomic E-state index is -0.0523. The Morgan fingerprint density at radius 1 is 1.75 bits per heavy atom. The van der Waals surface area contributed by atoms with Gasteiger partial charge in [-0.2, -0.15) is 0 Å². The lowest BCUT2D eigenvalue weighted by Gasteiger charge is -2.02. The fourth-order valence-corrected chi connectivity index (χ4v) is 0.716. The van der Waals surface area contributed by atoms with Gasteiger partial charge < -0.3 is 9.47 Å². The van der Waals surface area contributed by atoms with E-state index in [0.717, 1.165) is 0 Å². The van der Waals surface area contributed by atoms with Crippen molar-refractivity contribution in [2.45, 2.75) is 25.7 Å². The van der Waals surface area contributed by atoms with Gasteiger partial charge in [0.1, 0.15) is 0 Å². The highest BCUT2D eigenvalue weighted by Crippen LogP contribution is 2.12. The van der Waals surface area contributed by atoms with Crippen molar-refractivity contribution >= 4 is 0 Å². The molecule has 1 aliphatic rings. The molecule has 46 valence electrons. The van der Waals surface area contributed by atoms with E-state index in [1.165, 1.54) is 0 Å². The third kappa shape index (κ3) is 1.20. The van der Waals surface area contributed by atoms with Crippen LogP contribution in [0.25, 0.3) is 0 Å². The molecule has 0 N–H and O–H groups in total. The SMILES string of the molecule is [CH]CC1COC(C)O1. The first kappa shape index (κ1) is 6.05. The zero-order chi connectivity index (χ0) is 5.98. The number of rotatable bonds is 1. The molecule has 8 heavy (non-hydrogen) atoms. The van der Waals surface area contributed by atoms with Crippen LogP contribution in [0.5, 0.6) is 0 Å². The van der Waals surface area contributed by atoms with Crippen molar-refractivity contribution in [1.82, 2.24) is 0 Å². The molecule has 1 rings (SSSR count). The third-order valence-corrected chi connectivity index (χ3v) is 1.16. The standard InChI is InChI=1S/C6H10O2/c1-3-6-4-7-5(2)8-6/h1,5-6H,3-4H2,2H3. The zero-order valence-electron chi connectivity index (χ0n) is 4.96. The van der Waals surface area contributed by atoms with Crippen molar-refractivity contribution in [2.75, 3.05) is 6.61 Å². The van der Waals surface area contributed by atoms with Crippen LogP contribution >= 0.6 is 0 Å². The average molecular weight is 114 g/mol. The molecule has 0 aromatic carbocycles. The molecule has 2 unspecified atom stereocenters. The van der Waals surface area contributed by atoms with Gasteiger partial charge in [0, 0.05) is 0 Å². The molecule has 0 spiro atoms. The topological polar surface area (TPSA) is 18.5 Å². The lowest BCUT2D eigenvalue weighted by atomic mass is 10.3. The van der Waals surface area contributed by atoms with Gasteiger partial charge in [0.25, 0.3) is 0 Å². The van der Waals surface area contributed by atoms with E-state index >= 15 is 0 Å². The van der Waals surface area contributed by atoms with Gasteiger partial charge in [-0.05, 0) is 20.3 Å². The highest BCUT2D eigenvalue weighted by molar-refractivity contribution is 4.63. The fraction of sp³-hybridized carbons (Fsp3) is 0.833. The molecule has 0 bridgehead atoms. The van der Waals surface area contributed by atoms with Crippen molar-refractivity contribution in [3.05, 3.63) is 6.92 Å². The Morgan fingerprint density at radius 3 is 2.75 bits per heavy atom. The van der Waals surface area contributed by atoms with Crippen LogP contribution in [0, 0.1) is 6.92 Å². The van der Waals surface area contributed by atoms with Crippen molar-refractivity contribution in [2.24, 2.45) is 0 Å². The van der Waals surface area contributed by atoms with Crippen molar-refractivity contribution in [3.8, 4) is 0 Å². The Morgan fingerprint density at radius 2 is 2.50 bits per heavy atom. The molecule has 1 fully saturated rings. The molecule has 0 amide bonds. The second-order valence-corrected chi connectivity index (χ2v) is 1.89. The van der Waals surface area contributed by atoms with Crippen LogP contribution in [-0.2, 0) is 9.47 Å². The highest BCUT2D eigenvalue weighted by Gasteiger charge is 2.19. The maximum atomic E-state index is 5.29. The summed E-state index contributed by atoms with van der Waals surface area (Å²) < 4.78 is 10.2. The van der Waals surface area contributed by atoms with E-state index in [4.69, 9.17) is 16.4 Å². The summed E-state index contributed by atoms with van der Waals surface area (Å²) in [7, 11) is 0. The molecule has 0 aromatic rings. The number of ether oxygens (including phenoxy) is 2. The Bertz CT molecular complexity index is 72.9. The Kier molecular flexibility index (Phi) is 1.86. The zero-order valence-corrected chi connectivity index (χ0v) is 4.96. The predicted molar refractivity (Wildman–Crippen MR) is 29.2 cm³/mol. The molecule has 2 nitrogen and oxygen atoms in total. The lowest BCUT2D eigenvalue weighted by Crippen LogP contribution is -2.07. The van der Waals surface area contributed by atoms with Crippen LogP contribution in [0.15, 0.2) is 0 Å². The summed E-state index contributed by atoms with van der Waals surface area (Å²) in [5.41, 5.74) is 0. The van der Waals surface area contributed by atoms with Crippen LogP contribution in [0.3, 0.4) is 0 Å². The summed E-state index contributed by atoms with van der Waals surface area (Å²) in [5.74, 6) is 0. The minimum absolute atomic E-state index is 0.0523. The smallest absolute Gasteiger partial charge is 0.155 e. The Labute approximate surface area is 49.8 Å². The van der Waals surface area contributed by atoms with E-state index in [9.17, 15) is 0 Å². The largest absolute Gasteiger partial charge is 0.350 e. The van der Waals surface area contributed by atoms with Gasteiger partial charge in [0.05, 0.1) is 12.7 Å². The first-order valence-electron chi connectivity index (χ1n) is 2.80. The average Bonchev–Trinajstić information content (AvgIpc) is 2.14. The maximum Gasteiger partial charge on any atom is 0.155 e. The first-order chi connectivity index (χ1) is 3.83. The van der Waals surface area contributed by atoms with Gasteiger partial charge in [-0.15, -0.1) is 0 Å².